The average molecular weight is 690 g/mol. The minimum Gasteiger partial charge on any atom is -0.508 e. The molecule has 3 aromatic heterocycles. The van der Waals surface area contributed by atoms with Gasteiger partial charge in [-0.15, -0.1) is 0 Å². The van der Waals surface area contributed by atoms with E-state index in [1.807, 2.05) is 103 Å². The SMILES string of the molecule is Oc1ccc(-c2ccccn2)cc1.Oc1ccc(-c2ccccn2)cc1.[Ir+3].c1ccc(-c2ccccn2)cc1. The van der Waals surface area contributed by atoms with Crippen LogP contribution in [-0.2, 0) is 20.1 Å². The van der Waals surface area contributed by atoms with Crippen LogP contribution in [0.3, 0.4) is 0 Å². The first kappa shape index (κ1) is 28.9. The monoisotopic (exact) mass is 690 g/mol. The summed E-state index contributed by atoms with van der Waals surface area (Å²) in [6, 6.07) is 41.6. The normalized spacial score (nSPS) is 9.54. The van der Waals surface area contributed by atoms with Gasteiger partial charge in [-0.2, -0.15) is 0 Å². The summed E-state index contributed by atoms with van der Waals surface area (Å²) in [6.07, 6.45) is 5.31. The van der Waals surface area contributed by atoms with E-state index in [9.17, 15) is 0 Å². The van der Waals surface area contributed by atoms with Crippen LogP contribution in [0, 0.1) is 0 Å². The first-order chi connectivity index (χ1) is 18.7. The first-order valence-electron chi connectivity index (χ1n) is 12.1. The van der Waals surface area contributed by atoms with Crippen molar-refractivity contribution in [3.63, 3.8) is 0 Å². The molecule has 0 radical (unpaired) electrons. The summed E-state index contributed by atoms with van der Waals surface area (Å²) < 4.78 is 0. The summed E-state index contributed by atoms with van der Waals surface area (Å²) in [4.78, 5) is 12.6. The molecular formula is C33H27IrN3O2+3. The van der Waals surface area contributed by atoms with Gasteiger partial charge >= 0.3 is 20.1 Å². The molecule has 3 aromatic carbocycles. The second-order valence-electron chi connectivity index (χ2n) is 8.10. The van der Waals surface area contributed by atoms with Gasteiger partial charge in [0.05, 0.1) is 17.1 Å². The third kappa shape index (κ3) is 9.31. The van der Waals surface area contributed by atoms with E-state index >= 15 is 0 Å². The van der Waals surface area contributed by atoms with Crippen LogP contribution in [0.15, 0.2) is 152 Å². The Morgan fingerprint density at radius 3 is 0.949 bits per heavy atom. The van der Waals surface area contributed by atoms with E-state index in [0.717, 1.165) is 33.8 Å². The number of hydrogen-bond acceptors (Lipinski definition) is 5. The van der Waals surface area contributed by atoms with Gasteiger partial charge in [-0.25, -0.2) is 0 Å². The van der Waals surface area contributed by atoms with Crippen molar-refractivity contribution in [3.05, 3.63) is 152 Å². The van der Waals surface area contributed by atoms with Crippen LogP contribution >= 0.6 is 0 Å². The molecule has 0 fully saturated rings. The topological polar surface area (TPSA) is 79.1 Å². The standard InChI is InChI=1S/2C11H9NO.C11H9N.Ir/c2*13-10-6-4-9(5-7-10)11-3-1-2-8-12-11;1-2-6-10(7-3-1)11-8-4-5-9-12-11;/h2*1-8,13H;1-9H;/q;;;+3. The average Bonchev–Trinajstić information content (AvgIpc) is 3.00. The summed E-state index contributed by atoms with van der Waals surface area (Å²) in [5.74, 6) is 0.555. The van der Waals surface area contributed by atoms with Gasteiger partial charge in [-0.1, -0.05) is 48.5 Å². The molecule has 0 saturated heterocycles. The van der Waals surface area contributed by atoms with Crippen LogP contribution in [-0.4, -0.2) is 25.2 Å². The molecule has 6 heteroatoms. The molecule has 3 heterocycles. The maximum Gasteiger partial charge on any atom is 3.00 e. The molecule has 192 valence electrons. The van der Waals surface area contributed by atoms with Gasteiger partial charge in [0, 0.05) is 35.3 Å². The number of hydrogen-bond donors (Lipinski definition) is 2. The number of pyridine rings is 3. The fraction of sp³-hybridized carbons (Fsp3) is 0. The van der Waals surface area contributed by atoms with Crippen molar-refractivity contribution in [3.8, 4) is 45.3 Å². The molecule has 0 aliphatic rings. The molecule has 2 N–H and O–H groups in total. The Balaban J connectivity index is 0.000000160. The maximum atomic E-state index is 9.08. The van der Waals surface area contributed by atoms with E-state index in [-0.39, 0.29) is 31.6 Å². The van der Waals surface area contributed by atoms with Gasteiger partial charge in [-0.3, -0.25) is 15.0 Å². The van der Waals surface area contributed by atoms with Crippen molar-refractivity contribution in [2.75, 3.05) is 0 Å². The van der Waals surface area contributed by atoms with Gasteiger partial charge in [0.15, 0.2) is 0 Å². The van der Waals surface area contributed by atoms with Crippen molar-refractivity contribution >= 4 is 0 Å². The van der Waals surface area contributed by atoms with Crippen LogP contribution in [0.25, 0.3) is 33.8 Å². The largest absolute Gasteiger partial charge is 3.00 e. The van der Waals surface area contributed by atoms with Crippen LogP contribution in [0.5, 0.6) is 11.5 Å². The third-order valence-corrected chi connectivity index (χ3v) is 5.39. The fourth-order valence-corrected chi connectivity index (χ4v) is 3.47. The zero-order chi connectivity index (χ0) is 26.4. The minimum atomic E-state index is 0. The Labute approximate surface area is 241 Å². The number of rotatable bonds is 3. The number of benzene rings is 3. The van der Waals surface area contributed by atoms with Crippen molar-refractivity contribution < 1.29 is 30.3 Å². The van der Waals surface area contributed by atoms with Gasteiger partial charge in [0.1, 0.15) is 11.5 Å². The smallest absolute Gasteiger partial charge is 0.508 e. The second-order valence-corrected chi connectivity index (χ2v) is 8.10. The number of aromatic nitrogens is 3. The molecule has 0 saturated carbocycles. The van der Waals surface area contributed by atoms with E-state index in [1.54, 1.807) is 36.7 Å². The Hall–Kier alpha value is -4.64. The van der Waals surface area contributed by atoms with E-state index in [0.29, 0.717) is 0 Å². The molecule has 6 aromatic rings. The Morgan fingerprint density at radius 1 is 0.333 bits per heavy atom. The Kier molecular flexibility index (Phi) is 11.6. The van der Waals surface area contributed by atoms with E-state index < -0.39 is 0 Å². The minimum absolute atomic E-state index is 0. The number of aromatic hydroxyl groups is 2. The molecular weight excluding hydrogens is 663 g/mol. The van der Waals surface area contributed by atoms with Crippen LogP contribution < -0.4 is 0 Å². The predicted octanol–water partition coefficient (Wildman–Crippen LogP) is 7.65. The third-order valence-electron chi connectivity index (χ3n) is 5.39. The van der Waals surface area contributed by atoms with Crippen molar-refractivity contribution in [1.29, 1.82) is 0 Å². The van der Waals surface area contributed by atoms with Crippen molar-refractivity contribution in [2.24, 2.45) is 0 Å². The Morgan fingerprint density at radius 2 is 0.641 bits per heavy atom. The first-order valence-corrected chi connectivity index (χ1v) is 12.1. The fourth-order valence-electron chi connectivity index (χ4n) is 3.47. The second kappa shape index (κ2) is 15.6. The summed E-state index contributed by atoms with van der Waals surface area (Å²) in [5, 5.41) is 18.2. The maximum absolute atomic E-state index is 9.08. The van der Waals surface area contributed by atoms with Crippen molar-refractivity contribution in [2.45, 2.75) is 0 Å². The predicted molar refractivity (Wildman–Crippen MR) is 152 cm³/mol. The molecule has 0 aliphatic carbocycles. The van der Waals surface area contributed by atoms with Gasteiger partial charge in [0.25, 0.3) is 0 Å². The summed E-state index contributed by atoms with van der Waals surface area (Å²) in [5.41, 5.74) is 6.05. The molecule has 0 amide bonds. The van der Waals surface area contributed by atoms with Gasteiger partial charge < -0.3 is 10.2 Å². The van der Waals surface area contributed by atoms with Crippen LogP contribution in [0.4, 0.5) is 0 Å². The number of phenols is 2. The molecule has 0 aliphatic heterocycles. The summed E-state index contributed by atoms with van der Waals surface area (Å²) in [6.45, 7) is 0. The zero-order valence-electron chi connectivity index (χ0n) is 21.0. The molecule has 0 bridgehead atoms. The number of phenolic OH excluding ortho intramolecular Hbond substituents is 2. The van der Waals surface area contributed by atoms with Crippen molar-refractivity contribution in [1.82, 2.24) is 15.0 Å². The molecule has 6 rings (SSSR count). The zero-order valence-corrected chi connectivity index (χ0v) is 23.4. The van der Waals surface area contributed by atoms with E-state index in [2.05, 4.69) is 27.1 Å². The number of nitrogens with zero attached hydrogens (tertiary/aromatic N) is 3. The quantitative estimate of drug-likeness (QED) is 0.200. The molecule has 0 atom stereocenters. The summed E-state index contributed by atoms with van der Waals surface area (Å²) >= 11 is 0. The molecule has 0 spiro atoms. The van der Waals surface area contributed by atoms with Crippen LogP contribution in [0.1, 0.15) is 0 Å². The molecule has 5 nitrogen and oxygen atoms in total. The van der Waals surface area contributed by atoms with E-state index in [1.165, 1.54) is 0 Å². The summed E-state index contributed by atoms with van der Waals surface area (Å²) in [7, 11) is 0. The Bertz CT molecular complexity index is 1370. The van der Waals surface area contributed by atoms with Crippen LogP contribution in [0.2, 0.25) is 0 Å². The van der Waals surface area contributed by atoms with E-state index in [4.69, 9.17) is 10.2 Å². The van der Waals surface area contributed by atoms with Gasteiger partial charge in [-0.05, 0) is 84.9 Å². The molecule has 0 unspecified atom stereocenters. The van der Waals surface area contributed by atoms with Gasteiger partial charge in [0.2, 0.25) is 0 Å². The molecule has 39 heavy (non-hydrogen) atoms.